The van der Waals surface area contributed by atoms with Crippen molar-refractivity contribution in [3.63, 3.8) is 0 Å². The van der Waals surface area contributed by atoms with Crippen LogP contribution in [0.15, 0.2) is 0 Å². The van der Waals surface area contributed by atoms with Gasteiger partial charge in [-0.25, -0.2) is 0 Å². The van der Waals surface area contributed by atoms with Gasteiger partial charge in [0.2, 0.25) is 17.8 Å². The van der Waals surface area contributed by atoms with E-state index in [-0.39, 0.29) is 0 Å². The molecule has 1 aromatic heterocycles. The van der Waals surface area contributed by atoms with Crippen LogP contribution in [0.25, 0.3) is 0 Å². The average molecular weight is 232 g/mol. The normalized spacial score (nSPS) is 13.9. The van der Waals surface area contributed by atoms with Crippen molar-refractivity contribution in [3.05, 3.63) is 0 Å². The van der Waals surface area contributed by atoms with Gasteiger partial charge in [0.15, 0.2) is 0 Å². The number of nitrogens with zero attached hydrogens (tertiary/aromatic N) is 3. The van der Waals surface area contributed by atoms with E-state index in [0.29, 0.717) is 24.4 Å². The van der Waals surface area contributed by atoms with Gasteiger partial charge in [0.05, 0.1) is 6.54 Å². The van der Waals surface area contributed by atoms with Gasteiger partial charge in [-0.1, -0.05) is 5.92 Å². The molecule has 1 saturated carbocycles. The molecular weight excluding hydrogens is 216 g/mol. The summed E-state index contributed by atoms with van der Waals surface area (Å²) in [5, 5.41) is 9.03. The van der Waals surface area contributed by atoms with Crippen LogP contribution in [0, 0.1) is 18.3 Å². The van der Waals surface area contributed by atoms with Gasteiger partial charge >= 0.3 is 0 Å². The van der Waals surface area contributed by atoms with Gasteiger partial charge < -0.3 is 16.0 Å². The zero-order chi connectivity index (χ0) is 12.1. The third-order valence-electron chi connectivity index (χ3n) is 2.45. The van der Waals surface area contributed by atoms with E-state index in [0.717, 1.165) is 12.5 Å². The zero-order valence-electron chi connectivity index (χ0n) is 9.82. The van der Waals surface area contributed by atoms with Crippen LogP contribution in [0.2, 0.25) is 0 Å². The maximum atomic E-state index is 5.18. The molecule has 1 aliphatic carbocycles. The van der Waals surface area contributed by atoms with Crippen LogP contribution in [0.1, 0.15) is 12.8 Å². The van der Waals surface area contributed by atoms with E-state index in [1.165, 1.54) is 12.8 Å². The molecule has 0 spiro atoms. The summed E-state index contributed by atoms with van der Waals surface area (Å²) < 4.78 is 0. The summed E-state index contributed by atoms with van der Waals surface area (Å²) in [5.41, 5.74) is 0. The maximum absolute atomic E-state index is 5.18. The van der Waals surface area contributed by atoms with Crippen LogP contribution in [0.3, 0.4) is 0 Å². The number of terminal acetylenes is 1. The zero-order valence-corrected chi connectivity index (χ0v) is 9.82. The summed E-state index contributed by atoms with van der Waals surface area (Å²) in [6.45, 7) is 1.32. The number of rotatable bonds is 6. The highest BCUT2D eigenvalue weighted by molar-refractivity contribution is 5.42. The second-order valence-electron chi connectivity index (χ2n) is 3.94. The number of nitrogens with one attached hydrogen (secondary N) is 3. The predicted octanol–water partition coefficient (Wildman–Crippen LogP) is 0.780. The lowest BCUT2D eigenvalue weighted by atomic mass is 10.4. The summed E-state index contributed by atoms with van der Waals surface area (Å²) >= 11 is 0. The fourth-order valence-electron chi connectivity index (χ4n) is 1.33. The highest BCUT2D eigenvalue weighted by atomic mass is 15.3. The molecule has 1 aromatic rings. The second kappa shape index (κ2) is 5.34. The van der Waals surface area contributed by atoms with Crippen molar-refractivity contribution in [1.82, 2.24) is 15.0 Å². The summed E-state index contributed by atoms with van der Waals surface area (Å²) in [6.07, 6.45) is 7.76. The van der Waals surface area contributed by atoms with Crippen LogP contribution < -0.4 is 16.0 Å². The lowest BCUT2D eigenvalue weighted by molar-refractivity contribution is 0.869. The van der Waals surface area contributed by atoms with E-state index in [4.69, 9.17) is 6.42 Å². The molecule has 0 aliphatic heterocycles. The smallest absolute Gasteiger partial charge is 0.230 e. The van der Waals surface area contributed by atoms with E-state index < -0.39 is 0 Å². The van der Waals surface area contributed by atoms with Gasteiger partial charge in [0.25, 0.3) is 0 Å². The maximum Gasteiger partial charge on any atom is 0.230 e. The van der Waals surface area contributed by atoms with Gasteiger partial charge in [-0.2, -0.15) is 15.0 Å². The number of aromatic nitrogens is 3. The van der Waals surface area contributed by atoms with Crippen LogP contribution >= 0.6 is 0 Å². The first kappa shape index (κ1) is 11.5. The summed E-state index contributed by atoms with van der Waals surface area (Å²) in [7, 11) is 1.77. The van der Waals surface area contributed by atoms with Crippen LogP contribution in [0.4, 0.5) is 17.8 Å². The highest BCUT2D eigenvalue weighted by Gasteiger charge is 2.21. The molecule has 1 fully saturated rings. The molecule has 0 radical (unpaired) electrons. The van der Waals surface area contributed by atoms with Gasteiger partial charge in [0.1, 0.15) is 0 Å². The minimum Gasteiger partial charge on any atom is -0.357 e. The molecule has 0 bridgehead atoms. The Morgan fingerprint density at radius 1 is 1.18 bits per heavy atom. The first-order chi connectivity index (χ1) is 8.31. The van der Waals surface area contributed by atoms with Crippen molar-refractivity contribution in [2.24, 2.45) is 5.92 Å². The molecule has 0 aromatic carbocycles. The Labute approximate surface area is 101 Å². The molecule has 3 N–H and O–H groups in total. The molecule has 0 atom stereocenters. The molecule has 0 unspecified atom stereocenters. The standard InChI is InChI=1S/C11H16N6/c1-3-6-13-10-15-9(12-2)16-11(17-10)14-7-8-4-5-8/h1,8H,4-7H2,2H3,(H3,12,13,14,15,16,17). The fourth-order valence-corrected chi connectivity index (χ4v) is 1.33. The first-order valence-corrected chi connectivity index (χ1v) is 5.67. The predicted molar refractivity (Wildman–Crippen MR) is 67.9 cm³/mol. The van der Waals surface area contributed by atoms with Crippen molar-refractivity contribution in [2.75, 3.05) is 36.1 Å². The van der Waals surface area contributed by atoms with E-state index in [9.17, 15) is 0 Å². The molecule has 6 heteroatoms. The summed E-state index contributed by atoms with van der Waals surface area (Å²) in [6, 6.07) is 0. The Balaban J connectivity index is 2.04. The molecule has 2 rings (SSSR count). The van der Waals surface area contributed by atoms with Crippen LogP contribution in [0.5, 0.6) is 0 Å². The molecule has 17 heavy (non-hydrogen) atoms. The lowest BCUT2D eigenvalue weighted by Gasteiger charge is -2.08. The Hall–Kier alpha value is -2.03. The molecule has 6 nitrogen and oxygen atoms in total. The van der Waals surface area contributed by atoms with Gasteiger partial charge in [-0.15, -0.1) is 6.42 Å². The Bertz CT molecular complexity index is 420. The number of anilines is 3. The van der Waals surface area contributed by atoms with Crippen molar-refractivity contribution in [3.8, 4) is 12.3 Å². The SMILES string of the molecule is C#CCNc1nc(NC)nc(NCC2CC2)n1. The third-order valence-corrected chi connectivity index (χ3v) is 2.45. The van der Waals surface area contributed by atoms with Gasteiger partial charge in [-0.3, -0.25) is 0 Å². The largest absolute Gasteiger partial charge is 0.357 e. The second-order valence-corrected chi connectivity index (χ2v) is 3.94. The molecule has 0 saturated heterocycles. The molecule has 0 amide bonds. The highest BCUT2D eigenvalue weighted by Crippen LogP contribution is 2.28. The molecule has 1 aliphatic rings. The van der Waals surface area contributed by atoms with E-state index in [1.54, 1.807) is 7.05 Å². The third kappa shape index (κ3) is 3.48. The van der Waals surface area contributed by atoms with Gasteiger partial charge in [-0.05, 0) is 18.8 Å². The Morgan fingerprint density at radius 3 is 2.41 bits per heavy atom. The van der Waals surface area contributed by atoms with E-state index in [2.05, 4.69) is 36.8 Å². The minimum atomic E-state index is 0.398. The molecule has 90 valence electrons. The Morgan fingerprint density at radius 2 is 1.82 bits per heavy atom. The topological polar surface area (TPSA) is 74.8 Å². The summed E-state index contributed by atoms with van der Waals surface area (Å²) in [4.78, 5) is 12.6. The number of hydrogen-bond acceptors (Lipinski definition) is 6. The lowest BCUT2D eigenvalue weighted by Crippen LogP contribution is -2.12. The van der Waals surface area contributed by atoms with Crippen molar-refractivity contribution >= 4 is 17.8 Å². The first-order valence-electron chi connectivity index (χ1n) is 5.67. The summed E-state index contributed by atoms with van der Waals surface area (Å²) in [5.74, 6) is 4.84. The van der Waals surface area contributed by atoms with Crippen LogP contribution in [-0.4, -0.2) is 35.1 Å². The Kier molecular flexibility index (Phi) is 3.60. The van der Waals surface area contributed by atoms with Crippen molar-refractivity contribution in [1.29, 1.82) is 0 Å². The quantitative estimate of drug-likeness (QED) is 0.629. The monoisotopic (exact) mass is 232 g/mol. The average Bonchev–Trinajstić information content (AvgIpc) is 3.17. The van der Waals surface area contributed by atoms with Crippen molar-refractivity contribution < 1.29 is 0 Å². The van der Waals surface area contributed by atoms with Crippen molar-refractivity contribution in [2.45, 2.75) is 12.8 Å². The van der Waals surface area contributed by atoms with Crippen LogP contribution in [-0.2, 0) is 0 Å². The molecule has 1 heterocycles. The van der Waals surface area contributed by atoms with E-state index in [1.807, 2.05) is 0 Å². The minimum absolute atomic E-state index is 0.398. The fraction of sp³-hybridized carbons (Fsp3) is 0.545. The van der Waals surface area contributed by atoms with Gasteiger partial charge in [0, 0.05) is 13.6 Å². The number of hydrogen-bond donors (Lipinski definition) is 3. The van der Waals surface area contributed by atoms with E-state index >= 15 is 0 Å². The molecular formula is C11H16N6.